The van der Waals surface area contributed by atoms with Crippen molar-refractivity contribution in [2.24, 2.45) is 5.92 Å². The molecule has 1 aromatic rings. The number of benzene rings is 1. The van der Waals surface area contributed by atoms with E-state index in [-0.39, 0.29) is 6.10 Å². The van der Waals surface area contributed by atoms with Crippen LogP contribution >= 0.6 is 0 Å². The molecule has 16 heavy (non-hydrogen) atoms. The van der Waals surface area contributed by atoms with Gasteiger partial charge >= 0.3 is 0 Å². The highest BCUT2D eigenvalue weighted by Crippen LogP contribution is 2.18. The molecular formula is C14H19NO. The summed E-state index contributed by atoms with van der Waals surface area (Å²) >= 11 is 0. The van der Waals surface area contributed by atoms with Gasteiger partial charge < -0.3 is 4.74 Å². The van der Waals surface area contributed by atoms with Crippen LogP contribution in [0.4, 0.5) is 0 Å². The van der Waals surface area contributed by atoms with E-state index < -0.39 is 0 Å². The van der Waals surface area contributed by atoms with Crippen LogP contribution in [-0.2, 0) is 6.42 Å². The van der Waals surface area contributed by atoms with Crippen LogP contribution in [0, 0.1) is 17.2 Å². The van der Waals surface area contributed by atoms with Gasteiger partial charge in [-0.3, -0.25) is 0 Å². The summed E-state index contributed by atoms with van der Waals surface area (Å²) in [6.45, 7) is 6.33. The van der Waals surface area contributed by atoms with Gasteiger partial charge in [0.15, 0.2) is 6.10 Å². The number of hydrogen-bond donors (Lipinski definition) is 0. The molecule has 1 rings (SSSR count). The Kier molecular flexibility index (Phi) is 4.85. The van der Waals surface area contributed by atoms with Gasteiger partial charge in [-0.15, -0.1) is 0 Å². The van der Waals surface area contributed by atoms with Gasteiger partial charge in [0.1, 0.15) is 11.8 Å². The largest absolute Gasteiger partial charge is 0.476 e. The molecule has 0 fully saturated rings. The van der Waals surface area contributed by atoms with Crippen molar-refractivity contribution in [1.82, 2.24) is 0 Å². The molecule has 0 saturated carbocycles. The zero-order chi connectivity index (χ0) is 12.0. The summed E-state index contributed by atoms with van der Waals surface area (Å²) in [4.78, 5) is 0. The molecule has 0 aliphatic rings. The molecule has 0 aromatic heterocycles. The van der Waals surface area contributed by atoms with Gasteiger partial charge in [-0.2, -0.15) is 5.26 Å². The first-order valence-corrected chi connectivity index (χ1v) is 5.81. The molecule has 0 bridgehead atoms. The average molecular weight is 217 g/mol. The second-order valence-electron chi connectivity index (χ2n) is 4.39. The Balaban J connectivity index is 2.71. The van der Waals surface area contributed by atoms with Crippen molar-refractivity contribution in [3.05, 3.63) is 29.8 Å². The predicted octanol–water partition coefficient (Wildman–Crippen LogP) is 3.57. The van der Waals surface area contributed by atoms with Crippen molar-refractivity contribution in [3.63, 3.8) is 0 Å². The smallest absolute Gasteiger partial charge is 0.184 e. The summed E-state index contributed by atoms with van der Waals surface area (Å²) < 4.78 is 5.57. The molecule has 0 N–H and O–H groups in total. The molecule has 1 unspecified atom stereocenters. The molecule has 0 aliphatic heterocycles. The molecule has 0 aliphatic carbocycles. The molecule has 0 amide bonds. The quantitative estimate of drug-likeness (QED) is 0.755. The third kappa shape index (κ3) is 3.94. The van der Waals surface area contributed by atoms with E-state index in [9.17, 15) is 0 Å². The van der Waals surface area contributed by atoms with Crippen LogP contribution in [0.2, 0.25) is 0 Å². The topological polar surface area (TPSA) is 33.0 Å². The van der Waals surface area contributed by atoms with Crippen LogP contribution in [0.1, 0.15) is 32.8 Å². The third-order valence-electron chi connectivity index (χ3n) is 2.34. The Bertz CT molecular complexity index is 365. The summed E-state index contributed by atoms with van der Waals surface area (Å²) in [5, 5.41) is 8.83. The van der Waals surface area contributed by atoms with Crippen molar-refractivity contribution in [3.8, 4) is 11.8 Å². The molecule has 0 spiro atoms. The fraction of sp³-hybridized carbons (Fsp3) is 0.500. The van der Waals surface area contributed by atoms with Crippen LogP contribution < -0.4 is 4.74 Å². The molecule has 2 heteroatoms. The van der Waals surface area contributed by atoms with E-state index >= 15 is 0 Å². The van der Waals surface area contributed by atoms with E-state index in [2.05, 4.69) is 26.0 Å². The lowest BCUT2D eigenvalue weighted by atomic mass is 10.0. The van der Waals surface area contributed by atoms with Crippen LogP contribution in [0.25, 0.3) is 0 Å². The van der Waals surface area contributed by atoms with E-state index in [0.29, 0.717) is 12.3 Å². The van der Waals surface area contributed by atoms with Crippen molar-refractivity contribution in [2.45, 2.75) is 39.7 Å². The van der Waals surface area contributed by atoms with Gasteiger partial charge in [-0.25, -0.2) is 0 Å². The predicted molar refractivity (Wildman–Crippen MR) is 65.3 cm³/mol. The number of hydrogen-bond acceptors (Lipinski definition) is 2. The molecular weight excluding hydrogens is 198 g/mol. The van der Waals surface area contributed by atoms with Gasteiger partial charge in [0.25, 0.3) is 0 Å². The molecule has 0 radical (unpaired) electrons. The average Bonchev–Trinajstić information content (AvgIpc) is 2.25. The maximum absolute atomic E-state index is 8.83. The molecule has 86 valence electrons. The van der Waals surface area contributed by atoms with Crippen molar-refractivity contribution >= 4 is 0 Å². The van der Waals surface area contributed by atoms with Crippen molar-refractivity contribution in [2.75, 3.05) is 0 Å². The molecule has 0 saturated heterocycles. The zero-order valence-corrected chi connectivity index (χ0v) is 10.2. The first kappa shape index (κ1) is 12.6. The van der Waals surface area contributed by atoms with E-state index in [1.54, 1.807) is 0 Å². The Hall–Kier alpha value is -1.49. The summed E-state index contributed by atoms with van der Waals surface area (Å²) in [5.41, 5.74) is 1.26. The molecule has 2 nitrogen and oxygen atoms in total. The van der Waals surface area contributed by atoms with E-state index in [0.717, 1.165) is 12.2 Å². The Morgan fingerprint density at radius 1 is 1.38 bits per heavy atom. The van der Waals surface area contributed by atoms with Gasteiger partial charge in [0.05, 0.1) is 0 Å². The maximum Gasteiger partial charge on any atom is 0.184 e. The summed E-state index contributed by atoms with van der Waals surface area (Å²) in [5.74, 6) is 1.43. The highest BCUT2D eigenvalue weighted by atomic mass is 16.5. The number of nitriles is 1. The first-order chi connectivity index (χ1) is 7.65. The van der Waals surface area contributed by atoms with Crippen molar-refractivity contribution < 1.29 is 4.74 Å². The number of ether oxygens (including phenoxy) is 1. The van der Waals surface area contributed by atoms with Gasteiger partial charge in [-0.05, 0) is 36.5 Å². The SMILES string of the molecule is CCC(C#N)Oc1cccc(CC(C)C)c1. The van der Waals surface area contributed by atoms with Gasteiger partial charge in [0.2, 0.25) is 0 Å². The van der Waals surface area contributed by atoms with Crippen molar-refractivity contribution in [1.29, 1.82) is 5.26 Å². The zero-order valence-electron chi connectivity index (χ0n) is 10.2. The second kappa shape index (κ2) is 6.17. The lowest BCUT2D eigenvalue weighted by Crippen LogP contribution is -2.12. The van der Waals surface area contributed by atoms with Crippen LogP contribution in [-0.4, -0.2) is 6.10 Å². The highest BCUT2D eigenvalue weighted by Gasteiger charge is 2.06. The van der Waals surface area contributed by atoms with Crippen LogP contribution in [0.3, 0.4) is 0 Å². The van der Waals surface area contributed by atoms with E-state index in [4.69, 9.17) is 10.00 Å². The third-order valence-corrected chi connectivity index (χ3v) is 2.34. The van der Waals surface area contributed by atoms with Gasteiger partial charge in [-0.1, -0.05) is 32.9 Å². The molecule has 1 aromatic carbocycles. The molecule has 0 heterocycles. The number of rotatable bonds is 5. The minimum absolute atomic E-state index is 0.339. The van der Waals surface area contributed by atoms with E-state index in [1.807, 2.05) is 25.1 Å². The Morgan fingerprint density at radius 3 is 2.69 bits per heavy atom. The van der Waals surface area contributed by atoms with E-state index in [1.165, 1.54) is 5.56 Å². The first-order valence-electron chi connectivity index (χ1n) is 5.81. The standard InChI is InChI=1S/C14H19NO/c1-4-13(10-15)16-14-7-5-6-12(9-14)8-11(2)3/h5-7,9,11,13H,4,8H2,1-3H3. The summed E-state index contributed by atoms with van der Waals surface area (Å²) in [7, 11) is 0. The lowest BCUT2D eigenvalue weighted by molar-refractivity contribution is 0.251. The monoisotopic (exact) mass is 217 g/mol. The van der Waals surface area contributed by atoms with Crippen LogP contribution in [0.5, 0.6) is 5.75 Å². The maximum atomic E-state index is 8.83. The highest BCUT2D eigenvalue weighted by molar-refractivity contribution is 5.29. The minimum atomic E-state index is -0.339. The summed E-state index contributed by atoms with van der Waals surface area (Å²) in [6.07, 6.45) is 1.42. The Morgan fingerprint density at radius 2 is 2.12 bits per heavy atom. The normalized spacial score (nSPS) is 12.2. The minimum Gasteiger partial charge on any atom is -0.476 e. The summed E-state index contributed by atoms with van der Waals surface area (Å²) in [6, 6.07) is 10.2. The second-order valence-corrected chi connectivity index (χ2v) is 4.39. The lowest BCUT2D eigenvalue weighted by Gasteiger charge is -2.12. The van der Waals surface area contributed by atoms with Gasteiger partial charge in [0, 0.05) is 0 Å². The fourth-order valence-corrected chi connectivity index (χ4v) is 1.58. The molecule has 1 atom stereocenters. The van der Waals surface area contributed by atoms with Crippen LogP contribution in [0.15, 0.2) is 24.3 Å². The number of nitrogens with zero attached hydrogens (tertiary/aromatic N) is 1. The Labute approximate surface area is 97.9 Å². The fourth-order valence-electron chi connectivity index (χ4n) is 1.58.